The minimum absolute atomic E-state index is 0.504. The van der Waals surface area contributed by atoms with Crippen LogP contribution in [-0.2, 0) is 0 Å². The van der Waals surface area contributed by atoms with Crippen molar-refractivity contribution in [1.82, 2.24) is 14.9 Å². The maximum Gasteiger partial charge on any atom is 0.132 e. The molecule has 5 nitrogen and oxygen atoms in total. The SMILES string of the molecule is CNc1cc(NC2CCN(C)C2)nc(C)n1. The van der Waals surface area contributed by atoms with Crippen LogP contribution >= 0.6 is 0 Å². The number of nitrogens with zero attached hydrogens (tertiary/aromatic N) is 3. The van der Waals surface area contributed by atoms with Crippen molar-refractivity contribution in [2.45, 2.75) is 19.4 Å². The molecule has 16 heavy (non-hydrogen) atoms. The van der Waals surface area contributed by atoms with Gasteiger partial charge < -0.3 is 15.5 Å². The van der Waals surface area contributed by atoms with Gasteiger partial charge in [0.1, 0.15) is 17.5 Å². The number of likely N-dealkylation sites (tertiary alicyclic amines) is 1. The highest BCUT2D eigenvalue weighted by Crippen LogP contribution is 2.15. The van der Waals surface area contributed by atoms with E-state index < -0.39 is 0 Å². The highest BCUT2D eigenvalue weighted by molar-refractivity contribution is 5.47. The molecule has 2 rings (SSSR count). The molecule has 2 N–H and O–H groups in total. The number of anilines is 2. The third kappa shape index (κ3) is 2.61. The van der Waals surface area contributed by atoms with Crippen LogP contribution in [0.1, 0.15) is 12.2 Å². The first-order valence-electron chi connectivity index (χ1n) is 5.66. The molecule has 5 heteroatoms. The molecule has 0 amide bonds. The summed E-state index contributed by atoms with van der Waals surface area (Å²) in [6.07, 6.45) is 1.18. The van der Waals surface area contributed by atoms with Gasteiger partial charge >= 0.3 is 0 Å². The van der Waals surface area contributed by atoms with Gasteiger partial charge in [-0.05, 0) is 26.9 Å². The van der Waals surface area contributed by atoms with Crippen LogP contribution in [0.25, 0.3) is 0 Å². The Kier molecular flexibility index (Phi) is 3.24. The lowest BCUT2D eigenvalue weighted by atomic mass is 10.2. The van der Waals surface area contributed by atoms with E-state index in [4.69, 9.17) is 0 Å². The fourth-order valence-electron chi connectivity index (χ4n) is 2.03. The van der Waals surface area contributed by atoms with Crippen LogP contribution in [-0.4, -0.2) is 48.1 Å². The molecule has 2 heterocycles. The van der Waals surface area contributed by atoms with E-state index in [1.165, 1.54) is 6.42 Å². The molecule has 88 valence electrons. The van der Waals surface area contributed by atoms with Gasteiger partial charge in [0.05, 0.1) is 0 Å². The lowest BCUT2D eigenvalue weighted by molar-refractivity contribution is 0.414. The number of aryl methyl sites for hydroxylation is 1. The van der Waals surface area contributed by atoms with Crippen LogP contribution < -0.4 is 10.6 Å². The van der Waals surface area contributed by atoms with Gasteiger partial charge in [-0.3, -0.25) is 0 Å². The molecule has 0 radical (unpaired) electrons. The van der Waals surface area contributed by atoms with Gasteiger partial charge in [0.25, 0.3) is 0 Å². The third-order valence-corrected chi connectivity index (χ3v) is 2.84. The van der Waals surface area contributed by atoms with Gasteiger partial charge in [-0.25, -0.2) is 9.97 Å². The Morgan fingerprint density at radius 1 is 1.38 bits per heavy atom. The second-order valence-corrected chi connectivity index (χ2v) is 4.33. The standard InChI is InChI=1S/C11H19N5/c1-8-13-10(12-2)6-11(14-8)15-9-4-5-16(3)7-9/h6,9H,4-5,7H2,1-3H3,(H2,12,13,14,15). The molecule has 1 saturated heterocycles. The van der Waals surface area contributed by atoms with Gasteiger partial charge in [-0.15, -0.1) is 0 Å². The van der Waals surface area contributed by atoms with Gasteiger partial charge in [0.15, 0.2) is 0 Å². The molecule has 1 unspecified atom stereocenters. The summed E-state index contributed by atoms with van der Waals surface area (Å²) in [5, 5.41) is 6.49. The van der Waals surface area contributed by atoms with Crippen LogP contribution in [0.5, 0.6) is 0 Å². The van der Waals surface area contributed by atoms with Crippen LogP contribution in [0, 0.1) is 6.92 Å². The van der Waals surface area contributed by atoms with E-state index in [1.54, 1.807) is 0 Å². The van der Waals surface area contributed by atoms with Crippen molar-refractivity contribution in [1.29, 1.82) is 0 Å². The molecule has 0 aromatic carbocycles. The Morgan fingerprint density at radius 3 is 2.75 bits per heavy atom. The zero-order valence-electron chi connectivity index (χ0n) is 10.1. The van der Waals surface area contributed by atoms with E-state index in [1.807, 2.05) is 20.0 Å². The second-order valence-electron chi connectivity index (χ2n) is 4.33. The molecule has 1 aromatic heterocycles. The van der Waals surface area contributed by atoms with E-state index in [9.17, 15) is 0 Å². The molecule has 0 spiro atoms. The summed E-state index contributed by atoms with van der Waals surface area (Å²) >= 11 is 0. The number of nitrogens with one attached hydrogen (secondary N) is 2. The predicted molar refractivity (Wildman–Crippen MR) is 65.8 cm³/mol. The van der Waals surface area contributed by atoms with Crippen LogP contribution in [0.4, 0.5) is 11.6 Å². The number of hydrogen-bond acceptors (Lipinski definition) is 5. The molecule has 0 bridgehead atoms. The normalized spacial score (nSPS) is 21.1. The summed E-state index contributed by atoms with van der Waals surface area (Å²) in [7, 11) is 4.01. The number of rotatable bonds is 3. The Balaban J connectivity index is 2.06. The van der Waals surface area contributed by atoms with Crippen molar-refractivity contribution < 1.29 is 0 Å². The van der Waals surface area contributed by atoms with Crippen LogP contribution in [0.3, 0.4) is 0 Å². The fraction of sp³-hybridized carbons (Fsp3) is 0.636. The average molecular weight is 221 g/mol. The summed E-state index contributed by atoms with van der Waals surface area (Å²) in [6, 6.07) is 2.45. The minimum Gasteiger partial charge on any atom is -0.373 e. The fourth-order valence-corrected chi connectivity index (χ4v) is 2.03. The topological polar surface area (TPSA) is 53.1 Å². The Morgan fingerprint density at radius 2 is 2.12 bits per heavy atom. The van der Waals surface area contributed by atoms with Gasteiger partial charge in [0, 0.05) is 25.7 Å². The maximum absolute atomic E-state index is 4.39. The zero-order valence-corrected chi connectivity index (χ0v) is 10.1. The summed E-state index contributed by atoms with van der Waals surface area (Å²) in [4.78, 5) is 11.0. The Bertz CT molecular complexity index is 365. The minimum atomic E-state index is 0.504. The molecule has 1 aliphatic rings. The zero-order chi connectivity index (χ0) is 11.5. The molecule has 0 saturated carbocycles. The third-order valence-electron chi connectivity index (χ3n) is 2.84. The summed E-state index contributed by atoms with van der Waals surface area (Å²) in [6.45, 7) is 4.14. The highest BCUT2D eigenvalue weighted by Gasteiger charge is 2.19. The highest BCUT2D eigenvalue weighted by atomic mass is 15.2. The molecule has 1 aliphatic heterocycles. The van der Waals surface area contributed by atoms with Crippen molar-refractivity contribution >= 4 is 11.6 Å². The first kappa shape index (κ1) is 11.1. The van der Waals surface area contributed by atoms with E-state index in [0.29, 0.717) is 6.04 Å². The monoisotopic (exact) mass is 221 g/mol. The van der Waals surface area contributed by atoms with E-state index >= 15 is 0 Å². The second kappa shape index (κ2) is 4.65. The summed E-state index contributed by atoms with van der Waals surface area (Å²) < 4.78 is 0. The molecule has 1 atom stereocenters. The van der Waals surface area contributed by atoms with Gasteiger partial charge in [-0.2, -0.15) is 0 Å². The predicted octanol–water partition coefficient (Wildman–Crippen LogP) is 0.943. The summed E-state index contributed by atoms with van der Waals surface area (Å²) in [5.74, 6) is 2.57. The largest absolute Gasteiger partial charge is 0.373 e. The first-order chi connectivity index (χ1) is 7.67. The quantitative estimate of drug-likeness (QED) is 0.795. The van der Waals surface area contributed by atoms with Crippen molar-refractivity contribution in [2.75, 3.05) is 37.8 Å². The van der Waals surface area contributed by atoms with Crippen LogP contribution in [0.2, 0.25) is 0 Å². The number of hydrogen-bond donors (Lipinski definition) is 2. The van der Waals surface area contributed by atoms with Crippen molar-refractivity contribution in [3.8, 4) is 0 Å². The lowest BCUT2D eigenvalue weighted by Crippen LogP contribution is -2.24. The maximum atomic E-state index is 4.39. The Hall–Kier alpha value is -1.36. The summed E-state index contributed by atoms with van der Waals surface area (Å²) in [5.41, 5.74) is 0. The lowest BCUT2D eigenvalue weighted by Gasteiger charge is -2.14. The smallest absolute Gasteiger partial charge is 0.132 e. The van der Waals surface area contributed by atoms with E-state index in [0.717, 1.165) is 30.5 Å². The van der Waals surface area contributed by atoms with Crippen molar-refractivity contribution in [2.24, 2.45) is 0 Å². The number of likely N-dealkylation sites (N-methyl/N-ethyl adjacent to an activating group) is 1. The molecule has 1 aromatic rings. The van der Waals surface area contributed by atoms with Crippen molar-refractivity contribution in [3.05, 3.63) is 11.9 Å². The van der Waals surface area contributed by atoms with Crippen molar-refractivity contribution in [3.63, 3.8) is 0 Å². The van der Waals surface area contributed by atoms with E-state index in [2.05, 4.69) is 32.5 Å². The Labute approximate surface area is 96.3 Å². The molecule has 1 fully saturated rings. The average Bonchev–Trinajstić information content (AvgIpc) is 2.63. The van der Waals surface area contributed by atoms with Gasteiger partial charge in [0.2, 0.25) is 0 Å². The van der Waals surface area contributed by atoms with E-state index in [-0.39, 0.29) is 0 Å². The molecular weight excluding hydrogens is 202 g/mol. The van der Waals surface area contributed by atoms with Gasteiger partial charge in [-0.1, -0.05) is 0 Å². The molecular formula is C11H19N5. The number of aromatic nitrogens is 2. The first-order valence-corrected chi connectivity index (χ1v) is 5.66. The molecule has 0 aliphatic carbocycles. The van der Waals surface area contributed by atoms with Crippen LogP contribution in [0.15, 0.2) is 6.07 Å².